The van der Waals surface area contributed by atoms with Gasteiger partial charge in [-0.2, -0.15) is 0 Å². The highest BCUT2D eigenvalue weighted by Gasteiger charge is 2.10. The molecule has 13 aromatic heterocycles. The lowest BCUT2D eigenvalue weighted by atomic mass is 10.1. The standard InChI is InChI=1S/C13H13N5.2C11H15N5.C11H10N4O.C10H13N5.C5H5N5/c1-2-4-10(5-3-1)6-7-14-12-11-13(16-8-15-11)18-9-17-12;2*1-3-8(2)4-5-12-10-9-11(14-6-13-9)16-7-15-10;1-2-8(16-5-1)3-4-9-10-11(14-6-12-9)15-7-13-10;1-7(2)3-4-11-9-8-10(13-5-12-8)15-6-14-9;6-4-3-5(9-1-7-3)10-2-8-4/h1-5,8-9H,6-7H2,(H2,14,15,16,17,18);2*4,6-7H,3,5H2,1-2H3,(H2,12,13,14,15,16);1-2,5-7H,3-4H2,(H,12,13,14,15);3,5-6H,4H2,1-2H3,(H2,11,12,13,14,15);1-2H,(H3,6,7,8,9,10)/b;8-4+;8-4-;;;. The number of hydrogen-bond acceptors (Lipinski definition) is 24. The smallest absolute Gasteiger partial charge is 0.182 e. The van der Waals surface area contributed by atoms with Gasteiger partial charge >= 0.3 is 0 Å². The second kappa shape index (κ2) is 33.2. The normalized spacial score (nSPS) is 11.1. The van der Waals surface area contributed by atoms with Gasteiger partial charge in [-0.05, 0) is 71.1 Å². The van der Waals surface area contributed by atoms with Crippen LogP contribution in [0, 0.1) is 0 Å². The van der Waals surface area contributed by atoms with Gasteiger partial charge in [-0.1, -0.05) is 79.1 Å². The number of allylic oxidation sites excluding steroid dienone is 3. The predicted molar refractivity (Wildman–Crippen MR) is 352 cm³/mol. The van der Waals surface area contributed by atoms with E-state index in [9.17, 15) is 0 Å². The molecule has 0 bridgehead atoms. The molecule has 14 rings (SSSR count). The first-order chi connectivity index (χ1) is 44.6. The number of nitrogen functional groups attached to an aromatic ring is 1. The summed E-state index contributed by atoms with van der Waals surface area (Å²) in [6.45, 7) is 15.8. The number of anilines is 5. The molecule has 0 saturated heterocycles. The van der Waals surface area contributed by atoms with Crippen LogP contribution < -0.4 is 27.0 Å². The average Bonchev–Trinajstić information content (AvgIpc) is 3.16. The first kappa shape index (κ1) is 63.5. The molecule has 14 aromatic rings. The van der Waals surface area contributed by atoms with Crippen LogP contribution in [-0.4, -0.2) is 146 Å². The Balaban J connectivity index is 0.000000130. The zero-order valence-corrected chi connectivity index (χ0v) is 51.2. The van der Waals surface area contributed by atoms with Gasteiger partial charge in [-0.3, -0.25) is 0 Å². The molecule has 0 fully saturated rings. The van der Waals surface area contributed by atoms with Crippen molar-refractivity contribution in [3.8, 4) is 0 Å². The predicted octanol–water partition coefficient (Wildman–Crippen LogP) is 9.65. The quantitative estimate of drug-likeness (QED) is 0.0356. The maximum atomic E-state index is 5.48. The van der Waals surface area contributed by atoms with Gasteiger partial charge in [-0.15, -0.1) is 0 Å². The van der Waals surface area contributed by atoms with Crippen LogP contribution in [0.5, 0.6) is 0 Å². The highest BCUT2D eigenvalue weighted by molar-refractivity contribution is 5.84. The van der Waals surface area contributed by atoms with Crippen molar-refractivity contribution in [2.45, 2.75) is 73.6 Å². The summed E-state index contributed by atoms with van der Waals surface area (Å²) in [7, 11) is 0. The Bertz CT molecular complexity index is 4440. The first-order valence-electron chi connectivity index (χ1n) is 29.2. The lowest BCUT2D eigenvalue weighted by Gasteiger charge is -2.05. The summed E-state index contributed by atoms with van der Waals surface area (Å²) in [5, 5.41) is 13.0. The summed E-state index contributed by atoms with van der Waals surface area (Å²) in [5.74, 6) is 4.57. The molecule has 0 aliphatic carbocycles. The fourth-order valence-electron chi connectivity index (χ4n) is 8.34. The molecule has 466 valence electrons. The summed E-state index contributed by atoms with van der Waals surface area (Å²) < 4.78 is 5.28. The number of H-pyrrole nitrogens is 6. The number of fused-ring (bicyclic) bond motifs is 6. The van der Waals surface area contributed by atoms with Crippen LogP contribution in [0.4, 0.5) is 29.1 Å². The minimum Gasteiger partial charge on any atom is -0.469 e. The van der Waals surface area contributed by atoms with Gasteiger partial charge in [0, 0.05) is 32.6 Å². The highest BCUT2D eigenvalue weighted by atomic mass is 16.3. The maximum Gasteiger partial charge on any atom is 0.182 e. The third kappa shape index (κ3) is 18.5. The van der Waals surface area contributed by atoms with Crippen molar-refractivity contribution in [1.82, 2.24) is 120 Å². The van der Waals surface area contributed by atoms with Gasteiger partial charge in [0.05, 0.1) is 49.9 Å². The van der Waals surface area contributed by atoms with Crippen molar-refractivity contribution in [3.05, 3.63) is 177 Å². The summed E-state index contributed by atoms with van der Waals surface area (Å²) in [5.41, 5.74) is 20.8. The molecule has 30 nitrogen and oxygen atoms in total. The van der Waals surface area contributed by atoms with E-state index in [0.717, 1.165) is 121 Å². The van der Waals surface area contributed by atoms with Crippen molar-refractivity contribution in [2.75, 3.05) is 53.2 Å². The number of benzene rings is 1. The number of nitrogens with two attached hydrogens (primary N) is 1. The van der Waals surface area contributed by atoms with Crippen molar-refractivity contribution >= 4 is 96.1 Å². The Labute approximate surface area is 521 Å². The number of hydrogen-bond donors (Lipinski definition) is 11. The minimum absolute atomic E-state index is 0.433. The van der Waals surface area contributed by atoms with E-state index in [1.54, 1.807) is 44.2 Å². The molecule has 0 spiro atoms. The number of rotatable bonds is 18. The number of imidazole rings is 6. The third-order valence-electron chi connectivity index (χ3n) is 13.5. The van der Waals surface area contributed by atoms with Gasteiger partial charge in [-0.25, -0.2) is 89.7 Å². The Morgan fingerprint density at radius 3 is 1.23 bits per heavy atom. The topological polar surface area (TPSA) is 414 Å². The minimum atomic E-state index is 0.433. The number of aryl methyl sites for hydroxylation is 2. The second-order valence-corrected chi connectivity index (χ2v) is 20.0. The van der Waals surface area contributed by atoms with Crippen LogP contribution in [0.1, 0.15) is 71.4 Å². The molecule has 0 saturated carbocycles. The molecular weight excluding hydrogens is 1150 g/mol. The lowest BCUT2D eigenvalue weighted by Crippen LogP contribution is -2.07. The van der Waals surface area contributed by atoms with Crippen LogP contribution in [-0.2, 0) is 19.3 Å². The van der Waals surface area contributed by atoms with Crippen LogP contribution in [0.3, 0.4) is 0 Å². The molecule has 0 radical (unpaired) electrons. The molecule has 12 N–H and O–H groups in total. The fourth-order valence-corrected chi connectivity index (χ4v) is 8.34. The van der Waals surface area contributed by atoms with E-state index < -0.39 is 0 Å². The summed E-state index contributed by atoms with van der Waals surface area (Å²) in [4.78, 5) is 91.2. The Kier molecular flexibility index (Phi) is 23.2. The van der Waals surface area contributed by atoms with Crippen LogP contribution in [0.15, 0.2) is 164 Å². The van der Waals surface area contributed by atoms with Crippen molar-refractivity contribution in [2.24, 2.45) is 0 Å². The van der Waals surface area contributed by atoms with Crippen LogP contribution >= 0.6 is 0 Å². The van der Waals surface area contributed by atoms with E-state index in [1.165, 1.54) is 60.2 Å². The molecule has 0 amide bonds. The number of aromatic amines is 6. The summed E-state index contributed by atoms with van der Waals surface area (Å²) in [6.07, 6.45) is 31.5. The van der Waals surface area contributed by atoms with E-state index in [1.807, 2.05) is 30.3 Å². The van der Waals surface area contributed by atoms with Gasteiger partial charge in [0.25, 0.3) is 0 Å². The monoisotopic (exact) mass is 1230 g/mol. The van der Waals surface area contributed by atoms with Gasteiger partial charge in [0.15, 0.2) is 63.0 Å². The molecule has 0 aliphatic heterocycles. The van der Waals surface area contributed by atoms with Gasteiger partial charge in [0.1, 0.15) is 76.8 Å². The lowest BCUT2D eigenvalue weighted by molar-refractivity contribution is 0.508. The number of nitrogens with one attached hydrogen (secondary N) is 10. The first-order valence-corrected chi connectivity index (χ1v) is 29.2. The van der Waals surface area contributed by atoms with Crippen molar-refractivity contribution in [1.29, 1.82) is 0 Å². The average molecular weight is 1230 g/mol. The largest absolute Gasteiger partial charge is 0.469 e. The second-order valence-electron chi connectivity index (χ2n) is 20.0. The van der Waals surface area contributed by atoms with Gasteiger partial charge < -0.3 is 61.3 Å². The SMILES string of the molecule is CC(C)=CCNc1ncnc2nc[nH]c12.CC/C(C)=C/CNc1ncnc2nc[nH]c12.CC/C(C)=C\CNc1ncnc2nc[nH]c12.Nc1ncnc2nc[nH]c12.c1ccc(CCNc2ncnc3nc[nH]c23)cc1.c1coc(CCc2ncnc3nc[nH]c23)c1. The van der Waals surface area contributed by atoms with Gasteiger partial charge in [0.2, 0.25) is 0 Å². The Morgan fingerprint density at radius 1 is 0.407 bits per heavy atom. The molecule has 91 heavy (non-hydrogen) atoms. The maximum absolute atomic E-state index is 5.48. The zero-order chi connectivity index (χ0) is 63.4. The summed E-state index contributed by atoms with van der Waals surface area (Å²) >= 11 is 0. The molecule has 1 aromatic carbocycles. The highest BCUT2D eigenvalue weighted by Crippen LogP contribution is 2.19. The fraction of sp³-hybridized carbons (Fsp3) is 0.246. The zero-order valence-electron chi connectivity index (χ0n) is 51.2. The molecule has 30 heteroatoms. The Morgan fingerprint density at radius 2 is 0.802 bits per heavy atom. The van der Waals surface area contributed by atoms with E-state index in [-0.39, 0.29) is 0 Å². The number of aromatic nitrogens is 24. The van der Waals surface area contributed by atoms with E-state index in [0.29, 0.717) is 45.2 Å². The Hall–Kier alpha value is -12.0. The number of furan rings is 1. The van der Waals surface area contributed by atoms with E-state index in [2.05, 4.69) is 213 Å². The van der Waals surface area contributed by atoms with Crippen LogP contribution in [0.2, 0.25) is 0 Å². The molecule has 13 heterocycles. The number of nitrogens with zero attached hydrogens (tertiary/aromatic N) is 18. The molecule has 0 unspecified atom stereocenters. The molecule has 0 aliphatic rings. The van der Waals surface area contributed by atoms with Crippen molar-refractivity contribution < 1.29 is 4.42 Å². The summed E-state index contributed by atoms with van der Waals surface area (Å²) in [6, 6.07) is 14.2. The van der Waals surface area contributed by atoms with Crippen molar-refractivity contribution in [3.63, 3.8) is 0 Å². The van der Waals surface area contributed by atoms with E-state index >= 15 is 0 Å². The van der Waals surface area contributed by atoms with E-state index in [4.69, 9.17) is 10.2 Å². The van der Waals surface area contributed by atoms with Crippen LogP contribution in [0.25, 0.3) is 67.0 Å². The molecular formula is C61H71N29O. The molecule has 0 atom stereocenters. The third-order valence-corrected chi connectivity index (χ3v) is 13.5.